The maximum Gasteiger partial charge on any atom is 0.229 e. The van der Waals surface area contributed by atoms with Crippen LogP contribution < -0.4 is 5.32 Å². The summed E-state index contributed by atoms with van der Waals surface area (Å²) in [7, 11) is 0. The first-order valence-electron chi connectivity index (χ1n) is 9.18. The monoisotopic (exact) mass is 340 g/mol. The summed E-state index contributed by atoms with van der Waals surface area (Å²) in [5.74, 6) is 0.616. The largest absolute Gasteiger partial charge is 0.432 e. The minimum atomic E-state index is -0.462. The molecule has 6 nitrogen and oxygen atoms in total. The minimum Gasteiger partial charge on any atom is -0.432 e. The molecule has 132 valence electrons. The number of nitrogens with one attached hydrogen (secondary N) is 1. The summed E-state index contributed by atoms with van der Waals surface area (Å²) in [6.07, 6.45) is 7.72. The van der Waals surface area contributed by atoms with Gasteiger partial charge in [-0.2, -0.15) is 0 Å². The Labute approximate surface area is 146 Å². The molecule has 1 aliphatic carbocycles. The molecule has 0 bridgehead atoms. The summed E-state index contributed by atoms with van der Waals surface area (Å²) in [5.41, 5.74) is 6.06. The van der Waals surface area contributed by atoms with Crippen LogP contribution in [-0.4, -0.2) is 32.7 Å². The van der Waals surface area contributed by atoms with Gasteiger partial charge in [0.05, 0.1) is 11.5 Å². The second kappa shape index (κ2) is 6.59. The summed E-state index contributed by atoms with van der Waals surface area (Å²) in [4.78, 5) is 13.6. The van der Waals surface area contributed by atoms with Crippen molar-refractivity contribution < 1.29 is 9.52 Å². The average Bonchev–Trinajstić information content (AvgIpc) is 2.99. The van der Waals surface area contributed by atoms with Gasteiger partial charge in [-0.3, -0.25) is 0 Å². The lowest BCUT2D eigenvalue weighted by Crippen LogP contribution is -2.16. The summed E-state index contributed by atoms with van der Waals surface area (Å²) in [5, 5.41) is 13.7. The van der Waals surface area contributed by atoms with Crippen LogP contribution in [0.4, 0.5) is 5.82 Å². The normalized spacial score (nSPS) is 15.5. The van der Waals surface area contributed by atoms with Gasteiger partial charge in [-0.15, -0.1) is 0 Å². The van der Waals surface area contributed by atoms with Gasteiger partial charge < -0.3 is 14.8 Å². The molecular formula is C19H24N4O2. The van der Waals surface area contributed by atoms with Crippen LogP contribution in [0.5, 0.6) is 0 Å². The van der Waals surface area contributed by atoms with E-state index in [4.69, 9.17) is 9.40 Å². The zero-order valence-corrected chi connectivity index (χ0v) is 14.8. The Morgan fingerprint density at radius 2 is 2.04 bits per heavy atom. The summed E-state index contributed by atoms with van der Waals surface area (Å²) in [6, 6.07) is 0. The van der Waals surface area contributed by atoms with Gasteiger partial charge in [0.25, 0.3) is 0 Å². The van der Waals surface area contributed by atoms with E-state index in [0.29, 0.717) is 23.7 Å². The van der Waals surface area contributed by atoms with Crippen LogP contribution in [0, 0.1) is 0 Å². The summed E-state index contributed by atoms with van der Waals surface area (Å²) in [6.45, 7) is 4.33. The molecule has 0 fully saturated rings. The topological polar surface area (TPSA) is 84.1 Å². The predicted molar refractivity (Wildman–Crippen MR) is 97.9 cm³/mol. The lowest BCUT2D eigenvalue weighted by molar-refractivity contribution is 0.208. The molecule has 25 heavy (non-hydrogen) atoms. The van der Waals surface area contributed by atoms with Gasteiger partial charge in [0.15, 0.2) is 11.4 Å². The SMILES string of the molecule is CCCc1nc2oc3c(NC[C@H](C)O)ncnc3c2c2c1CCCC2. The van der Waals surface area contributed by atoms with E-state index in [1.54, 1.807) is 13.3 Å². The molecule has 0 radical (unpaired) electrons. The molecule has 0 saturated carbocycles. The quantitative estimate of drug-likeness (QED) is 0.740. The molecule has 2 N–H and O–H groups in total. The lowest BCUT2D eigenvalue weighted by Gasteiger charge is -2.19. The maximum absolute atomic E-state index is 9.53. The molecule has 3 aromatic rings. The molecule has 4 rings (SSSR count). The maximum atomic E-state index is 9.53. The molecule has 0 aromatic carbocycles. The molecule has 6 heteroatoms. The zero-order valence-electron chi connectivity index (χ0n) is 14.8. The third kappa shape index (κ3) is 2.84. The third-order valence-corrected chi connectivity index (χ3v) is 4.86. The number of fused-ring (bicyclic) bond motifs is 5. The van der Waals surface area contributed by atoms with Gasteiger partial charge >= 0.3 is 0 Å². The first kappa shape index (κ1) is 16.3. The second-order valence-electron chi connectivity index (χ2n) is 6.88. The smallest absolute Gasteiger partial charge is 0.229 e. The molecule has 0 amide bonds. The first-order chi connectivity index (χ1) is 12.2. The fraction of sp³-hybridized carbons (Fsp3) is 0.526. The molecule has 3 aromatic heterocycles. The van der Waals surface area contributed by atoms with E-state index < -0.39 is 6.10 Å². The highest BCUT2D eigenvalue weighted by Crippen LogP contribution is 2.37. The van der Waals surface area contributed by atoms with Gasteiger partial charge in [0.1, 0.15) is 11.8 Å². The molecular weight excluding hydrogens is 316 g/mol. The van der Waals surface area contributed by atoms with Gasteiger partial charge in [0.2, 0.25) is 5.71 Å². The van der Waals surface area contributed by atoms with Crippen LogP contribution in [0.2, 0.25) is 0 Å². The van der Waals surface area contributed by atoms with Gasteiger partial charge in [-0.05, 0) is 50.2 Å². The van der Waals surface area contributed by atoms with Crippen LogP contribution in [0.15, 0.2) is 10.7 Å². The van der Waals surface area contributed by atoms with Gasteiger partial charge in [-0.1, -0.05) is 13.3 Å². The second-order valence-corrected chi connectivity index (χ2v) is 6.88. The van der Waals surface area contributed by atoms with Crippen molar-refractivity contribution in [3.63, 3.8) is 0 Å². The van der Waals surface area contributed by atoms with Crippen LogP contribution in [-0.2, 0) is 19.3 Å². The molecule has 0 aliphatic heterocycles. The first-order valence-corrected chi connectivity index (χ1v) is 9.18. The van der Waals surface area contributed by atoms with Crippen molar-refractivity contribution in [1.29, 1.82) is 0 Å². The van der Waals surface area contributed by atoms with Crippen LogP contribution in [0.1, 0.15) is 49.9 Å². The number of aromatic nitrogens is 3. The molecule has 0 saturated heterocycles. The van der Waals surface area contributed by atoms with Crippen molar-refractivity contribution in [3.8, 4) is 0 Å². The van der Waals surface area contributed by atoms with Crippen LogP contribution >= 0.6 is 0 Å². The molecule has 3 heterocycles. The number of aryl methyl sites for hydroxylation is 2. The number of aliphatic hydroxyl groups excluding tert-OH is 1. The Morgan fingerprint density at radius 1 is 1.24 bits per heavy atom. The zero-order chi connectivity index (χ0) is 17.4. The van der Waals surface area contributed by atoms with E-state index in [0.717, 1.165) is 36.6 Å². The van der Waals surface area contributed by atoms with Gasteiger partial charge in [-0.25, -0.2) is 15.0 Å². The number of hydrogen-bond acceptors (Lipinski definition) is 6. The number of aliphatic hydroxyl groups is 1. The van der Waals surface area contributed by atoms with Crippen LogP contribution in [0.3, 0.4) is 0 Å². The number of anilines is 1. The van der Waals surface area contributed by atoms with E-state index in [-0.39, 0.29) is 0 Å². The van der Waals surface area contributed by atoms with Crippen molar-refractivity contribution in [2.45, 2.75) is 58.5 Å². The Kier molecular flexibility index (Phi) is 4.29. The highest BCUT2D eigenvalue weighted by atomic mass is 16.3. The Hall–Kier alpha value is -2.21. The summed E-state index contributed by atoms with van der Waals surface area (Å²) < 4.78 is 6.09. The van der Waals surface area contributed by atoms with Crippen molar-refractivity contribution in [2.24, 2.45) is 0 Å². The highest BCUT2D eigenvalue weighted by Gasteiger charge is 2.24. The Balaban J connectivity index is 1.94. The fourth-order valence-electron chi connectivity index (χ4n) is 3.75. The minimum absolute atomic E-state index is 0.412. The van der Waals surface area contributed by atoms with E-state index >= 15 is 0 Å². The number of pyridine rings is 1. The molecule has 0 spiro atoms. The summed E-state index contributed by atoms with van der Waals surface area (Å²) >= 11 is 0. The standard InChI is InChI=1S/C19H24N4O2/c1-3-6-14-12-7-4-5-8-13(12)15-16-17(25-19(15)23-14)18(22-10-21-16)20-9-11(2)24/h10-11,24H,3-9H2,1-2H3,(H,20,21,22)/t11-/m0/s1. The molecule has 1 atom stereocenters. The highest BCUT2D eigenvalue weighted by molar-refractivity contribution is 6.06. The number of furan rings is 1. The van der Waals surface area contributed by atoms with Crippen LogP contribution in [0.25, 0.3) is 22.2 Å². The molecule has 1 aliphatic rings. The lowest BCUT2D eigenvalue weighted by atomic mass is 9.88. The fourth-order valence-corrected chi connectivity index (χ4v) is 3.75. The van der Waals surface area contributed by atoms with Crippen molar-refractivity contribution >= 4 is 28.0 Å². The third-order valence-electron chi connectivity index (χ3n) is 4.86. The van der Waals surface area contributed by atoms with E-state index in [1.165, 1.54) is 29.7 Å². The van der Waals surface area contributed by atoms with Crippen molar-refractivity contribution in [1.82, 2.24) is 15.0 Å². The Bertz CT molecular complexity index is 917. The molecule has 0 unspecified atom stereocenters. The van der Waals surface area contributed by atoms with Gasteiger partial charge in [0, 0.05) is 12.2 Å². The number of rotatable bonds is 5. The van der Waals surface area contributed by atoms with Crippen molar-refractivity contribution in [2.75, 3.05) is 11.9 Å². The van der Waals surface area contributed by atoms with E-state index in [2.05, 4.69) is 22.2 Å². The number of nitrogens with zero attached hydrogens (tertiary/aromatic N) is 3. The predicted octanol–water partition coefficient (Wildman–Crippen LogP) is 3.40. The van der Waals surface area contributed by atoms with Crippen molar-refractivity contribution in [3.05, 3.63) is 23.1 Å². The van der Waals surface area contributed by atoms with E-state index in [9.17, 15) is 5.11 Å². The Morgan fingerprint density at radius 3 is 2.80 bits per heavy atom. The average molecular weight is 340 g/mol. The number of hydrogen-bond donors (Lipinski definition) is 2. The van der Waals surface area contributed by atoms with E-state index in [1.807, 2.05) is 0 Å².